The molecular formula is C12H12FN5O3. The molecule has 21 heavy (non-hydrogen) atoms. The van der Waals surface area contributed by atoms with Crippen LogP contribution in [0.2, 0.25) is 0 Å². The highest BCUT2D eigenvalue weighted by atomic mass is 19.1. The zero-order valence-electron chi connectivity index (χ0n) is 11.2. The van der Waals surface area contributed by atoms with Crippen LogP contribution < -0.4 is 11.1 Å². The SMILES string of the molecule is Cc1n[nH]c(C)c1NC(=O)c1cc(F)cc([N+](=O)[O-])c1N. The molecule has 0 aliphatic carbocycles. The first-order valence-corrected chi connectivity index (χ1v) is 5.87. The number of nitrogen functional groups attached to an aromatic ring is 1. The maximum Gasteiger partial charge on any atom is 0.295 e. The first-order valence-electron chi connectivity index (χ1n) is 5.87. The Bertz CT molecular complexity index is 721. The van der Waals surface area contributed by atoms with Crippen molar-refractivity contribution in [2.75, 3.05) is 11.1 Å². The van der Waals surface area contributed by atoms with Gasteiger partial charge in [0.1, 0.15) is 11.5 Å². The number of halogens is 1. The van der Waals surface area contributed by atoms with E-state index in [1.165, 1.54) is 0 Å². The van der Waals surface area contributed by atoms with E-state index >= 15 is 0 Å². The molecule has 2 aromatic rings. The van der Waals surface area contributed by atoms with Crippen LogP contribution in [0.5, 0.6) is 0 Å². The van der Waals surface area contributed by atoms with Crippen LogP contribution in [0.3, 0.4) is 0 Å². The molecule has 110 valence electrons. The highest BCUT2D eigenvalue weighted by Gasteiger charge is 2.22. The Labute approximate surface area is 118 Å². The van der Waals surface area contributed by atoms with E-state index in [2.05, 4.69) is 15.5 Å². The number of aromatic nitrogens is 2. The lowest BCUT2D eigenvalue weighted by molar-refractivity contribution is -0.384. The molecule has 0 radical (unpaired) electrons. The number of nitrogens with one attached hydrogen (secondary N) is 2. The molecule has 0 spiro atoms. The van der Waals surface area contributed by atoms with E-state index in [1.807, 2.05) is 0 Å². The van der Waals surface area contributed by atoms with Gasteiger partial charge in [-0.05, 0) is 19.9 Å². The number of nitro benzene ring substituents is 1. The first kappa shape index (κ1) is 14.4. The summed E-state index contributed by atoms with van der Waals surface area (Å²) < 4.78 is 13.4. The summed E-state index contributed by atoms with van der Waals surface area (Å²) >= 11 is 0. The van der Waals surface area contributed by atoms with Crippen molar-refractivity contribution in [1.29, 1.82) is 0 Å². The number of hydrogen-bond acceptors (Lipinski definition) is 5. The van der Waals surface area contributed by atoms with Gasteiger partial charge in [0.2, 0.25) is 0 Å². The molecule has 0 bridgehead atoms. The first-order chi connectivity index (χ1) is 9.81. The number of carbonyl (C=O) groups is 1. The Kier molecular flexibility index (Phi) is 3.57. The number of nitro groups is 1. The third-order valence-electron chi connectivity index (χ3n) is 2.93. The van der Waals surface area contributed by atoms with Crippen molar-refractivity contribution in [3.63, 3.8) is 0 Å². The Morgan fingerprint density at radius 3 is 2.67 bits per heavy atom. The summed E-state index contributed by atoms with van der Waals surface area (Å²) in [6.45, 7) is 3.35. The molecule has 9 heteroatoms. The summed E-state index contributed by atoms with van der Waals surface area (Å²) in [7, 11) is 0. The fourth-order valence-electron chi connectivity index (χ4n) is 1.86. The molecule has 4 N–H and O–H groups in total. The number of carbonyl (C=O) groups excluding carboxylic acids is 1. The van der Waals surface area contributed by atoms with E-state index in [4.69, 9.17) is 5.73 Å². The van der Waals surface area contributed by atoms with Crippen LogP contribution in [0, 0.1) is 29.8 Å². The van der Waals surface area contributed by atoms with Gasteiger partial charge in [0, 0.05) is 0 Å². The fourth-order valence-corrected chi connectivity index (χ4v) is 1.86. The number of aryl methyl sites for hydroxylation is 2. The van der Waals surface area contributed by atoms with Crippen LogP contribution in [-0.2, 0) is 0 Å². The molecule has 0 atom stereocenters. The second-order valence-corrected chi connectivity index (χ2v) is 4.41. The molecule has 0 unspecified atom stereocenters. The molecule has 1 aromatic carbocycles. The minimum Gasteiger partial charge on any atom is -0.393 e. The molecule has 1 amide bonds. The lowest BCUT2D eigenvalue weighted by Gasteiger charge is -2.08. The third-order valence-corrected chi connectivity index (χ3v) is 2.93. The summed E-state index contributed by atoms with van der Waals surface area (Å²) in [4.78, 5) is 22.1. The van der Waals surface area contributed by atoms with Crippen molar-refractivity contribution in [3.8, 4) is 0 Å². The normalized spacial score (nSPS) is 10.4. The van der Waals surface area contributed by atoms with E-state index in [1.54, 1.807) is 13.8 Å². The van der Waals surface area contributed by atoms with Crippen LogP contribution in [-0.4, -0.2) is 21.0 Å². The minimum atomic E-state index is -0.915. The predicted molar refractivity (Wildman–Crippen MR) is 73.5 cm³/mol. The van der Waals surface area contributed by atoms with Crippen molar-refractivity contribution in [3.05, 3.63) is 45.0 Å². The Morgan fingerprint density at radius 1 is 1.48 bits per heavy atom. The number of aromatic amines is 1. The van der Waals surface area contributed by atoms with E-state index in [0.717, 1.165) is 6.07 Å². The Morgan fingerprint density at radius 2 is 2.14 bits per heavy atom. The highest BCUT2D eigenvalue weighted by molar-refractivity contribution is 6.09. The highest BCUT2D eigenvalue weighted by Crippen LogP contribution is 2.28. The molecule has 0 fully saturated rings. The van der Waals surface area contributed by atoms with Crippen LogP contribution >= 0.6 is 0 Å². The number of benzene rings is 1. The Balaban J connectivity index is 2.42. The molecule has 0 saturated carbocycles. The Hall–Kier alpha value is -2.97. The molecule has 8 nitrogen and oxygen atoms in total. The van der Waals surface area contributed by atoms with Crippen LogP contribution in [0.4, 0.5) is 21.5 Å². The number of nitrogens with two attached hydrogens (primary N) is 1. The van der Waals surface area contributed by atoms with Gasteiger partial charge in [0.25, 0.3) is 11.6 Å². The van der Waals surface area contributed by atoms with E-state index in [9.17, 15) is 19.3 Å². The molecule has 1 heterocycles. The zero-order chi connectivity index (χ0) is 15.7. The standard InChI is InChI=1S/C12H12FN5O3/c1-5-11(6(2)17-16-5)15-12(19)8-3-7(13)4-9(10(8)14)18(20)21/h3-4H,14H2,1-2H3,(H,15,19)(H,16,17). The molecule has 1 aromatic heterocycles. The summed E-state index contributed by atoms with van der Waals surface area (Å²) in [5, 5.41) is 19.9. The topological polar surface area (TPSA) is 127 Å². The maximum atomic E-state index is 13.4. The van der Waals surface area contributed by atoms with Gasteiger partial charge in [-0.2, -0.15) is 5.10 Å². The van der Waals surface area contributed by atoms with E-state index in [-0.39, 0.29) is 5.56 Å². The van der Waals surface area contributed by atoms with Crippen LogP contribution in [0.25, 0.3) is 0 Å². The van der Waals surface area contributed by atoms with Crippen molar-refractivity contribution < 1.29 is 14.1 Å². The largest absolute Gasteiger partial charge is 0.393 e. The predicted octanol–water partition coefficient (Wildman–Crippen LogP) is 1.91. The number of hydrogen-bond donors (Lipinski definition) is 3. The van der Waals surface area contributed by atoms with E-state index < -0.39 is 28.0 Å². The number of nitrogens with zero attached hydrogens (tertiary/aromatic N) is 2. The average Bonchev–Trinajstić information content (AvgIpc) is 2.72. The molecule has 0 aliphatic rings. The number of rotatable bonds is 3. The quantitative estimate of drug-likeness (QED) is 0.452. The smallest absolute Gasteiger partial charge is 0.295 e. The van der Waals surface area contributed by atoms with Gasteiger partial charge in [-0.25, -0.2) is 4.39 Å². The second-order valence-electron chi connectivity index (χ2n) is 4.41. The summed E-state index contributed by atoms with van der Waals surface area (Å²) in [5.74, 6) is -1.66. The number of H-pyrrole nitrogens is 1. The lowest BCUT2D eigenvalue weighted by Crippen LogP contribution is -2.16. The van der Waals surface area contributed by atoms with Gasteiger partial charge in [-0.3, -0.25) is 20.0 Å². The van der Waals surface area contributed by atoms with Gasteiger partial charge >= 0.3 is 0 Å². The fraction of sp³-hybridized carbons (Fsp3) is 0.167. The lowest BCUT2D eigenvalue weighted by atomic mass is 10.1. The van der Waals surface area contributed by atoms with Gasteiger partial charge in [0.05, 0.1) is 33.6 Å². The monoisotopic (exact) mass is 293 g/mol. The van der Waals surface area contributed by atoms with Crippen molar-refractivity contribution in [2.45, 2.75) is 13.8 Å². The summed E-state index contributed by atoms with van der Waals surface area (Å²) in [6, 6.07) is 1.52. The van der Waals surface area contributed by atoms with Gasteiger partial charge in [-0.1, -0.05) is 0 Å². The summed E-state index contributed by atoms with van der Waals surface area (Å²) in [6.07, 6.45) is 0. The van der Waals surface area contributed by atoms with Crippen molar-refractivity contribution in [2.24, 2.45) is 0 Å². The third kappa shape index (κ3) is 2.66. The average molecular weight is 293 g/mol. The van der Waals surface area contributed by atoms with Crippen molar-refractivity contribution >= 4 is 23.0 Å². The zero-order valence-corrected chi connectivity index (χ0v) is 11.2. The number of anilines is 2. The molecule has 0 aliphatic heterocycles. The van der Waals surface area contributed by atoms with Crippen LogP contribution in [0.15, 0.2) is 12.1 Å². The van der Waals surface area contributed by atoms with Gasteiger partial charge < -0.3 is 11.1 Å². The van der Waals surface area contributed by atoms with E-state index in [0.29, 0.717) is 23.1 Å². The van der Waals surface area contributed by atoms with Gasteiger partial charge in [-0.15, -0.1) is 0 Å². The van der Waals surface area contributed by atoms with Crippen molar-refractivity contribution in [1.82, 2.24) is 10.2 Å². The second kappa shape index (κ2) is 5.19. The van der Waals surface area contributed by atoms with Gasteiger partial charge in [0.15, 0.2) is 0 Å². The molecular weight excluding hydrogens is 281 g/mol. The molecule has 2 rings (SSSR count). The van der Waals surface area contributed by atoms with Crippen LogP contribution in [0.1, 0.15) is 21.7 Å². The molecule has 0 saturated heterocycles. The minimum absolute atomic E-state index is 0.304. The number of amides is 1. The summed E-state index contributed by atoms with van der Waals surface area (Å²) in [5.41, 5.74) is 5.78. The maximum absolute atomic E-state index is 13.4.